The number of carbonyl (C=O) groups excluding carboxylic acids is 1. The lowest BCUT2D eigenvalue weighted by atomic mass is 10.1. The zero-order chi connectivity index (χ0) is 20.9. The van der Waals surface area contributed by atoms with E-state index in [9.17, 15) is 22.2 Å². The number of alkyl halides is 3. The highest BCUT2D eigenvalue weighted by Crippen LogP contribution is 2.33. The van der Waals surface area contributed by atoms with Crippen LogP contribution in [-0.2, 0) is 27.5 Å². The summed E-state index contributed by atoms with van der Waals surface area (Å²) in [4.78, 5) is 12.5. The molecule has 5 nitrogen and oxygen atoms in total. The topological polar surface area (TPSA) is 64.6 Å². The van der Waals surface area contributed by atoms with Gasteiger partial charge < -0.3 is 14.8 Å². The average Bonchev–Trinajstić information content (AvgIpc) is 2.66. The molecule has 0 fully saturated rings. The van der Waals surface area contributed by atoms with E-state index in [1.165, 1.54) is 45.4 Å². The Morgan fingerprint density at radius 3 is 2.43 bits per heavy atom. The first kappa shape index (κ1) is 21.7. The third kappa shape index (κ3) is 5.25. The van der Waals surface area contributed by atoms with Gasteiger partial charge in [0, 0.05) is 22.6 Å². The minimum Gasteiger partial charge on any atom is -0.497 e. The number of anilines is 1. The monoisotopic (exact) mass is 415 g/mol. The highest BCUT2D eigenvalue weighted by molar-refractivity contribution is 7.85. The Morgan fingerprint density at radius 1 is 1.14 bits per heavy atom. The smallest absolute Gasteiger partial charge is 0.416 e. The standard InChI is InChI=1S/C19H20F3NO4S/c1-12(18(24)23-16-10-14(26-2)8-9-17(16)27-3)28(25)11-13-6-4-5-7-15(13)19(20,21)22/h4-10,12H,11H2,1-3H3,(H,23,24)/t12-,28+/m0/s1. The maximum Gasteiger partial charge on any atom is 0.416 e. The average molecular weight is 415 g/mol. The van der Waals surface area contributed by atoms with Crippen LogP contribution in [-0.4, -0.2) is 29.6 Å². The molecule has 0 saturated heterocycles. The Labute approximate surface area is 163 Å². The van der Waals surface area contributed by atoms with Gasteiger partial charge in [-0.1, -0.05) is 18.2 Å². The van der Waals surface area contributed by atoms with Gasteiger partial charge in [0.1, 0.15) is 16.7 Å². The molecule has 0 bridgehead atoms. The van der Waals surface area contributed by atoms with Crippen molar-refractivity contribution in [2.24, 2.45) is 0 Å². The van der Waals surface area contributed by atoms with Crippen molar-refractivity contribution in [1.82, 2.24) is 0 Å². The summed E-state index contributed by atoms with van der Waals surface area (Å²) in [5.41, 5.74) is -0.663. The van der Waals surface area contributed by atoms with E-state index in [1.54, 1.807) is 12.1 Å². The Balaban J connectivity index is 2.15. The number of methoxy groups -OCH3 is 2. The van der Waals surface area contributed by atoms with Gasteiger partial charge in [0.2, 0.25) is 5.91 Å². The molecule has 2 aromatic carbocycles. The van der Waals surface area contributed by atoms with E-state index in [2.05, 4.69) is 5.32 Å². The molecule has 0 aliphatic heterocycles. The molecule has 0 saturated carbocycles. The molecule has 28 heavy (non-hydrogen) atoms. The lowest BCUT2D eigenvalue weighted by molar-refractivity contribution is -0.138. The quantitative estimate of drug-likeness (QED) is 0.743. The molecule has 2 aromatic rings. The van der Waals surface area contributed by atoms with Gasteiger partial charge in [0.25, 0.3) is 0 Å². The lowest BCUT2D eigenvalue weighted by Gasteiger charge is -2.16. The van der Waals surface area contributed by atoms with Crippen molar-refractivity contribution in [3.8, 4) is 11.5 Å². The summed E-state index contributed by atoms with van der Waals surface area (Å²) in [5, 5.41) is 1.54. The van der Waals surface area contributed by atoms with E-state index < -0.39 is 33.7 Å². The summed E-state index contributed by atoms with van der Waals surface area (Å²) in [5.74, 6) is -0.146. The Kier molecular flexibility index (Phi) is 7.06. The Morgan fingerprint density at radius 2 is 1.82 bits per heavy atom. The van der Waals surface area contributed by atoms with Gasteiger partial charge in [0.15, 0.2) is 0 Å². The largest absolute Gasteiger partial charge is 0.497 e. The van der Waals surface area contributed by atoms with E-state index in [0.717, 1.165) is 6.07 Å². The molecule has 0 aliphatic rings. The number of hydrogen-bond donors (Lipinski definition) is 1. The SMILES string of the molecule is COc1ccc(OC)c(NC(=O)[C@H](C)[S@](=O)Cc2ccccc2C(F)(F)F)c1. The number of rotatable bonds is 7. The maximum atomic E-state index is 13.1. The van der Waals surface area contributed by atoms with E-state index in [1.807, 2.05) is 0 Å². The molecule has 152 valence electrons. The molecule has 0 spiro atoms. The van der Waals surface area contributed by atoms with Crippen LogP contribution in [0.4, 0.5) is 18.9 Å². The predicted molar refractivity (Wildman–Crippen MR) is 101 cm³/mol. The second-order valence-corrected chi connectivity index (χ2v) is 7.63. The van der Waals surface area contributed by atoms with Crippen molar-refractivity contribution in [3.05, 3.63) is 53.6 Å². The van der Waals surface area contributed by atoms with Crippen LogP contribution in [0.2, 0.25) is 0 Å². The summed E-state index contributed by atoms with van der Waals surface area (Å²) < 4.78 is 62.1. The molecular weight excluding hydrogens is 395 g/mol. The van der Waals surface area contributed by atoms with Gasteiger partial charge in [-0.05, 0) is 30.7 Å². The molecule has 0 aromatic heterocycles. The van der Waals surface area contributed by atoms with Gasteiger partial charge in [-0.3, -0.25) is 9.00 Å². The number of carbonyl (C=O) groups is 1. The van der Waals surface area contributed by atoms with E-state index in [-0.39, 0.29) is 11.3 Å². The number of nitrogens with one attached hydrogen (secondary N) is 1. The molecule has 2 rings (SSSR count). The fraction of sp³-hybridized carbons (Fsp3) is 0.316. The van der Waals surface area contributed by atoms with Crippen molar-refractivity contribution in [2.75, 3.05) is 19.5 Å². The van der Waals surface area contributed by atoms with Crippen LogP contribution in [0.15, 0.2) is 42.5 Å². The summed E-state index contributed by atoms with van der Waals surface area (Å²) >= 11 is 0. The van der Waals surface area contributed by atoms with Crippen LogP contribution in [0.3, 0.4) is 0 Å². The van der Waals surface area contributed by atoms with Crippen LogP contribution >= 0.6 is 0 Å². The van der Waals surface area contributed by atoms with Crippen molar-refractivity contribution in [2.45, 2.75) is 24.1 Å². The molecule has 0 heterocycles. The second-order valence-electron chi connectivity index (χ2n) is 5.88. The van der Waals surface area contributed by atoms with Crippen molar-refractivity contribution in [3.63, 3.8) is 0 Å². The fourth-order valence-corrected chi connectivity index (χ4v) is 3.57. The molecule has 0 aliphatic carbocycles. The number of ether oxygens (including phenoxy) is 2. The van der Waals surface area contributed by atoms with Crippen LogP contribution in [0.1, 0.15) is 18.1 Å². The lowest BCUT2D eigenvalue weighted by Crippen LogP contribution is -2.30. The van der Waals surface area contributed by atoms with Gasteiger partial charge in [-0.15, -0.1) is 0 Å². The minimum atomic E-state index is -4.56. The predicted octanol–water partition coefficient (Wildman–Crippen LogP) is 4.00. The molecule has 1 amide bonds. The third-order valence-electron chi connectivity index (χ3n) is 4.05. The van der Waals surface area contributed by atoms with E-state index in [0.29, 0.717) is 17.2 Å². The van der Waals surface area contributed by atoms with Gasteiger partial charge in [-0.25, -0.2) is 0 Å². The number of hydrogen-bond acceptors (Lipinski definition) is 4. The fourth-order valence-electron chi connectivity index (χ4n) is 2.47. The third-order valence-corrected chi connectivity index (χ3v) is 5.65. The number of benzene rings is 2. The number of amides is 1. The summed E-state index contributed by atoms with van der Waals surface area (Å²) in [6.07, 6.45) is -4.56. The maximum absolute atomic E-state index is 13.1. The van der Waals surface area contributed by atoms with Crippen molar-refractivity contribution in [1.29, 1.82) is 0 Å². The summed E-state index contributed by atoms with van der Waals surface area (Å²) in [7, 11) is 1.02. The van der Waals surface area contributed by atoms with Gasteiger partial charge >= 0.3 is 6.18 Å². The molecule has 0 radical (unpaired) electrons. The molecule has 0 unspecified atom stereocenters. The summed E-state index contributed by atoms with van der Waals surface area (Å²) in [6.45, 7) is 1.40. The molecular formula is C19H20F3NO4S. The van der Waals surface area contributed by atoms with E-state index in [4.69, 9.17) is 9.47 Å². The van der Waals surface area contributed by atoms with Gasteiger partial charge in [0.05, 0.1) is 25.5 Å². The van der Waals surface area contributed by atoms with E-state index >= 15 is 0 Å². The second kappa shape index (κ2) is 9.09. The van der Waals surface area contributed by atoms with Gasteiger partial charge in [-0.2, -0.15) is 13.2 Å². The summed E-state index contributed by atoms with van der Waals surface area (Å²) in [6, 6.07) is 9.66. The van der Waals surface area contributed by atoms with Crippen LogP contribution < -0.4 is 14.8 Å². The van der Waals surface area contributed by atoms with Crippen LogP contribution in [0.25, 0.3) is 0 Å². The van der Waals surface area contributed by atoms with Crippen molar-refractivity contribution >= 4 is 22.4 Å². The highest BCUT2D eigenvalue weighted by atomic mass is 32.2. The Hall–Kier alpha value is -2.55. The molecule has 2 atom stereocenters. The first-order valence-corrected chi connectivity index (χ1v) is 9.60. The normalized spacial score (nSPS) is 13.5. The molecule has 9 heteroatoms. The van der Waals surface area contributed by atoms with Crippen molar-refractivity contribution < 1.29 is 31.6 Å². The zero-order valence-electron chi connectivity index (χ0n) is 15.5. The number of halogens is 3. The minimum absolute atomic E-state index is 0.119. The first-order valence-electron chi connectivity index (χ1n) is 8.22. The first-order chi connectivity index (χ1) is 13.2. The highest BCUT2D eigenvalue weighted by Gasteiger charge is 2.34. The van der Waals surface area contributed by atoms with Crippen LogP contribution in [0.5, 0.6) is 11.5 Å². The molecule has 1 N–H and O–H groups in total. The zero-order valence-corrected chi connectivity index (χ0v) is 16.3. The van der Waals surface area contributed by atoms with Crippen LogP contribution in [0, 0.1) is 0 Å². The Bertz CT molecular complexity index is 870.